The minimum atomic E-state index is -0.326. The van der Waals surface area contributed by atoms with Gasteiger partial charge in [-0.05, 0) is 30.3 Å². The second-order valence-electron chi connectivity index (χ2n) is 6.46. The van der Waals surface area contributed by atoms with Gasteiger partial charge in [-0.15, -0.1) is 0 Å². The highest BCUT2D eigenvalue weighted by atomic mass is 32.2. The van der Waals surface area contributed by atoms with Gasteiger partial charge in [0.2, 0.25) is 0 Å². The van der Waals surface area contributed by atoms with Crippen LogP contribution in [0.2, 0.25) is 0 Å². The smallest absolute Gasteiger partial charge is 0.153 e. The maximum atomic E-state index is 14.2. The lowest BCUT2D eigenvalue weighted by molar-refractivity contribution is 0.0410. The third-order valence-electron chi connectivity index (χ3n) is 4.51. The molecule has 146 valence electrons. The van der Waals surface area contributed by atoms with Gasteiger partial charge in [0.1, 0.15) is 17.7 Å². The maximum Gasteiger partial charge on any atom is 0.153 e. The molecule has 1 aliphatic heterocycles. The Morgan fingerprint density at radius 2 is 2.04 bits per heavy atom. The zero-order valence-electron chi connectivity index (χ0n) is 15.3. The number of morpholine rings is 1. The summed E-state index contributed by atoms with van der Waals surface area (Å²) in [4.78, 5) is 15.0. The van der Waals surface area contributed by atoms with Gasteiger partial charge >= 0.3 is 0 Å². The van der Waals surface area contributed by atoms with Crippen molar-refractivity contribution >= 4 is 34.5 Å². The molecule has 0 aliphatic carbocycles. The van der Waals surface area contributed by atoms with Crippen LogP contribution in [-0.4, -0.2) is 58.5 Å². The molecular weight excluding hydrogens is 379 g/mol. The Kier molecular flexibility index (Phi) is 5.84. The van der Waals surface area contributed by atoms with E-state index in [2.05, 4.69) is 24.6 Å². The lowest BCUT2D eigenvalue weighted by Crippen LogP contribution is -2.37. The topological polar surface area (TPSA) is 89.2 Å². The second kappa shape index (κ2) is 8.68. The van der Waals surface area contributed by atoms with Crippen LogP contribution in [0.3, 0.4) is 0 Å². The lowest BCUT2D eigenvalue weighted by Gasteiger charge is -2.26. The SMILES string of the molecule is Nc1ncnc2ccc(-c3cc(F)cc(NSCCN4CCOCC4)c3)nc12. The van der Waals surface area contributed by atoms with Crippen molar-refractivity contribution in [2.24, 2.45) is 0 Å². The molecule has 3 heterocycles. The molecule has 0 unspecified atom stereocenters. The fourth-order valence-corrected chi connectivity index (χ4v) is 3.79. The van der Waals surface area contributed by atoms with Crippen molar-refractivity contribution in [2.75, 3.05) is 49.1 Å². The van der Waals surface area contributed by atoms with E-state index in [4.69, 9.17) is 10.5 Å². The van der Waals surface area contributed by atoms with Crippen LogP contribution in [0.15, 0.2) is 36.7 Å². The standard InChI is InChI=1S/C19H21FN6OS/c20-14-9-13(16-1-2-17-18(24-16)19(21)23-12-22-17)10-15(11-14)25-28-8-5-26-3-6-27-7-4-26/h1-2,9-12,25H,3-8H2,(H2,21,22,23). The van der Waals surface area contributed by atoms with Crippen molar-refractivity contribution < 1.29 is 9.13 Å². The average molecular weight is 400 g/mol. The number of nitrogens with two attached hydrogens (primary N) is 1. The number of hydrogen-bond acceptors (Lipinski definition) is 8. The summed E-state index contributed by atoms with van der Waals surface area (Å²) >= 11 is 1.56. The third kappa shape index (κ3) is 4.49. The molecule has 1 saturated heterocycles. The van der Waals surface area contributed by atoms with Crippen LogP contribution >= 0.6 is 11.9 Å². The molecule has 0 spiro atoms. The first-order chi connectivity index (χ1) is 13.7. The zero-order valence-corrected chi connectivity index (χ0v) is 16.1. The van der Waals surface area contributed by atoms with E-state index in [0.29, 0.717) is 33.8 Å². The number of aromatic nitrogens is 3. The summed E-state index contributed by atoms with van der Waals surface area (Å²) in [6, 6.07) is 8.42. The van der Waals surface area contributed by atoms with Crippen LogP contribution in [0.25, 0.3) is 22.3 Å². The van der Waals surface area contributed by atoms with E-state index in [1.165, 1.54) is 18.5 Å². The van der Waals surface area contributed by atoms with E-state index in [-0.39, 0.29) is 5.82 Å². The molecule has 0 atom stereocenters. The molecule has 1 aliphatic rings. The highest BCUT2D eigenvalue weighted by Crippen LogP contribution is 2.26. The number of hydrogen-bond donors (Lipinski definition) is 2. The van der Waals surface area contributed by atoms with Crippen LogP contribution in [0.4, 0.5) is 15.9 Å². The normalized spacial score (nSPS) is 15.0. The van der Waals surface area contributed by atoms with Gasteiger partial charge < -0.3 is 15.2 Å². The largest absolute Gasteiger partial charge is 0.382 e. The van der Waals surface area contributed by atoms with Crippen molar-refractivity contribution in [1.29, 1.82) is 0 Å². The Bertz CT molecular complexity index is 966. The number of nitrogens with one attached hydrogen (secondary N) is 1. The minimum Gasteiger partial charge on any atom is -0.382 e. The van der Waals surface area contributed by atoms with Gasteiger partial charge in [-0.3, -0.25) is 4.90 Å². The van der Waals surface area contributed by atoms with E-state index in [1.807, 2.05) is 12.1 Å². The van der Waals surface area contributed by atoms with Gasteiger partial charge in [0, 0.05) is 36.6 Å². The first-order valence-electron chi connectivity index (χ1n) is 9.05. The molecule has 0 bridgehead atoms. The second-order valence-corrected chi connectivity index (χ2v) is 7.36. The Labute approximate surface area is 166 Å². The van der Waals surface area contributed by atoms with E-state index >= 15 is 0 Å². The molecule has 1 fully saturated rings. The van der Waals surface area contributed by atoms with Crippen molar-refractivity contribution in [1.82, 2.24) is 19.9 Å². The number of anilines is 2. The average Bonchev–Trinajstić information content (AvgIpc) is 2.72. The number of benzene rings is 1. The van der Waals surface area contributed by atoms with Gasteiger partial charge in [-0.25, -0.2) is 19.3 Å². The first-order valence-corrected chi connectivity index (χ1v) is 10.0. The molecule has 3 aromatic rings. The molecule has 9 heteroatoms. The van der Waals surface area contributed by atoms with E-state index in [1.54, 1.807) is 18.0 Å². The van der Waals surface area contributed by atoms with Crippen molar-refractivity contribution in [3.05, 3.63) is 42.5 Å². The van der Waals surface area contributed by atoms with E-state index < -0.39 is 0 Å². The van der Waals surface area contributed by atoms with Gasteiger partial charge in [-0.1, -0.05) is 11.9 Å². The Morgan fingerprint density at radius 3 is 2.89 bits per heavy atom. The third-order valence-corrected chi connectivity index (χ3v) is 5.27. The molecule has 1 aromatic carbocycles. The number of nitrogens with zero attached hydrogens (tertiary/aromatic N) is 4. The molecule has 2 aromatic heterocycles. The molecule has 4 rings (SSSR count). The zero-order chi connectivity index (χ0) is 19.3. The van der Waals surface area contributed by atoms with Crippen LogP contribution in [0.5, 0.6) is 0 Å². The van der Waals surface area contributed by atoms with Crippen molar-refractivity contribution in [3.8, 4) is 11.3 Å². The van der Waals surface area contributed by atoms with Gasteiger partial charge in [0.25, 0.3) is 0 Å². The maximum absolute atomic E-state index is 14.2. The Balaban J connectivity index is 1.45. The quantitative estimate of drug-likeness (QED) is 0.482. The predicted molar refractivity (Wildman–Crippen MR) is 110 cm³/mol. The summed E-state index contributed by atoms with van der Waals surface area (Å²) in [6.07, 6.45) is 1.40. The number of rotatable bonds is 6. The predicted octanol–water partition coefficient (Wildman–Crippen LogP) is 2.81. The van der Waals surface area contributed by atoms with Gasteiger partial charge in [0.05, 0.1) is 24.4 Å². The summed E-state index contributed by atoms with van der Waals surface area (Å²) in [7, 11) is 0. The Hall–Kier alpha value is -2.49. The molecule has 28 heavy (non-hydrogen) atoms. The Morgan fingerprint density at radius 1 is 1.18 bits per heavy atom. The van der Waals surface area contributed by atoms with Crippen molar-refractivity contribution in [2.45, 2.75) is 0 Å². The minimum absolute atomic E-state index is 0.306. The molecule has 3 N–H and O–H groups in total. The first kappa shape index (κ1) is 18.9. The summed E-state index contributed by atoms with van der Waals surface area (Å²) in [5.41, 5.74) is 9.04. The van der Waals surface area contributed by atoms with Gasteiger partial charge in [0.15, 0.2) is 5.82 Å². The summed E-state index contributed by atoms with van der Waals surface area (Å²) in [5.74, 6) is 0.877. The van der Waals surface area contributed by atoms with Crippen LogP contribution in [0, 0.1) is 5.82 Å². The number of nitrogen functional groups attached to an aromatic ring is 1. The van der Waals surface area contributed by atoms with Crippen LogP contribution < -0.4 is 10.5 Å². The van der Waals surface area contributed by atoms with Crippen molar-refractivity contribution in [3.63, 3.8) is 0 Å². The highest BCUT2D eigenvalue weighted by molar-refractivity contribution is 8.00. The summed E-state index contributed by atoms with van der Waals surface area (Å²) in [5, 5.41) is 0. The summed E-state index contributed by atoms with van der Waals surface area (Å²) < 4.78 is 22.7. The van der Waals surface area contributed by atoms with E-state index in [0.717, 1.165) is 38.6 Å². The fourth-order valence-electron chi connectivity index (χ4n) is 3.05. The fraction of sp³-hybridized carbons (Fsp3) is 0.316. The molecular formula is C19H21FN6OS. The monoisotopic (exact) mass is 400 g/mol. The number of ether oxygens (including phenoxy) is 1. The van der Waals surface area contributed by atoms with Crippen LogP contribution in [0.1, 0.15) is 0 Å². The number of fused-ring (bicyclic) bond motifs is 1. The molecule has 7 nitrogen and oxygen atoms in total. The lowest BCUT2D eigenvalue weighted by atomic mass is 10.1. The highest BCUT2D eigenvalue weighted by Gasteiger charge is 2.11. The summed E-state index contributed by atoms with van der Waals surface area (Å²) in [6.45, 7) is 4.48. The molecule has 0 saturated carbocycles. The molecule has 0 amide bonds. The van der Waals surface area contributed by atoms with Crippen LogP contribution in [-0.2, 0) is 4.74 Å². The number of pyridine rings is 1. The van der Waals surface area contributed by atoms with Gasteiger partial charge in [-0.2, -0.15) is 0 Å². The molecule has 0 radical (unpaired) electrons. The van der Waals surface area contributed by atoms with E-state index in [9.17, 15) is 4.39 Å². The number of halogens is 1.